The molecular weight excluding hydrogens is 148 g/mol. The maximum atomic E-state index is 4.00. The molecule has 0 saturated carbocycles. The quantitative estimate of drug-likeness (QED) is 0.390. The van der Waals surface area contributed by atoms with E-state index >= 15 is 0 Å². The first kappa shape index (κ1) is 14.2. The molecule has 0 aromatic carbocycles. The minimum atomic E-state index is 0.787. The summed E-state index contributed by atoms with van der Waals surface area (Å²) < 4.78 is 0. The normalized spacial score (nSPS) is 11.2. The molecule has 0 aliphatic carbocycles. The van der Waals surface area contributed by atoms with Crippen LogP contribution in [-0.4, -0.2) is 0 Å². The molecule has 0 aliphatic heterocycles. The van der Waals surface area contributed by atoms with E-state index in [4.69, 9.17) is 0 Å². The van der Waals surface area contributed by atoms with Crippen molar-refractivity contribution in [2.45, 2.75) is 47.5 Å². The van der Waals surface area contributed by atoms with E-state index in [0.717, 1.165) is 5.92 Å². The summed E-state index contributed by atoms with van der Waals surface area (Å²) in [4.78, 5) is 0. The van der Waals surface area contributed by atoms with Gasteiger partial charge in [0, 0.05) is 0 Å². The molecule has 0 saturated heterocycles. The first-order valence-corrected chi connectivity index (χ1v) is 4.56. The summed E-state index contributed by atoms with van der Waals surface area (Å²) in [6, 6.07) is 0. The molecule has 1 atom stereocenters. The fourth-order valence-electron chi connectivity index (χ4n) is 1.14. The maximum absolute atomic E-state index is 4.00. The predicted molar refractivity (Wildman–Crippen MR) is 56.5 cm³/mol. The molecule has 0 aromatic rings. The summed E-state index contributed by atoms with van der Waals surface area (Å²) >= 11 is 0. The second-order valence-corrected chi connectivity index (χ2v) is 3.37. The molecule has 2 nitrogen and oxygen atoms in total. The molecule has 0 fully saturated rings. The summed E-state index contributed by atoms with van der Waals surface area (Å²) in [6.07, 6.45) is 2.63. The summed E-state index contributed by atoms with van der Waals surface area (Å²) in [5.41, 5.74) is 3.06. The molecular formula is C10H24N2. The fraction of sp³-hybridized carbons (Fsp3) is 0.800. The first-order chi connectivity index (χ1) is 5.59. The van der Waals surface area contributed by atoms with Crippen LogP contribution >= 0.6 is 0 Å². The lowest BCUT2D eigenvalue weighted by molar-refractivity contribution is 0.596. The third-order valence-electron chi connectivity index (χ3n) is 2.25. The number of hydrogen-bond acceptors (Lipinski definition) is 2. The maximum Gasteiger partial charge on any atom is -0.0232 e. The lowest BCUT2D eigenvalue weighted by Crippen LogP contribution is -2.02. The number of rotatable bonds is 3. The summed E-state index contributed by atoms with van der Waals surface area (Å²) in [5.74, 6) is 8.79. The van der Waals surface area contributed by atoms with Gasteiger partial charge in [0.15, 0.2) is 0 Å². The average Bonchev–Trinajstić information content (AvgIpc) is 2.07. The van der Waals surface area contributed by atoms with Gasteiger partial charge in [0.1, 0.15) is 0 Å². The average molecular weight is 172 g/mol. The standard InChI is InChI=1S/C10H20.H4N2/c1-6-7-9(4)10(5)8(2)3;1-2/h9H,6-7H2,1-5H3;1-2H2. The van der Waals surface area contributed by atoms with Gasteiger partial charge < -0.3 is 0 Å². The molecule has 0 spiro atoms. The van der Waals surface area contributed by atoms with Crippen LogP contribution in [0.2, 0.25) is 0 Å². The first-order valence-electron chi connectivity index (χ1n) is 4.56. The van der Waals surface area contributed by atoms with Crippen molar-refractivity contribution < 1.29 is 0 Å². The molecule has 0 heterocycles. The van der Waals surface area contributed by atoms with E-state index in [1.807, 2.05) is 0 Å². The largest absolute Gasteiger partial charge is 0.274 e. The van der Waals surface area contributed by atoms with Crippen LogP contribution in [0.5, 0.6) is 0 Å². The van der Waals surface area contributed by atoms with Crippen molar-refractivity contribution in [3.8, 4) is 0 Å². The molecule has 0 amide bonds. The molecule has 0 bridgehead atoms. The van der Waals surface area contributed by atoms with Gasteiger partial charge in [-0.3, -0.25) is 11.7 Å². The third kappa shape index (κ3) is 6.38. The lowest BCUT2D eigenvalue weighted by atomic mass is 9.95. The van der Waals surface area contributed by atoms with Crippen molar-refractivity contribution in [3.05, 3.63) is 11.1 Å². The highest BCUT2D eigenvalue weighted by Crippen LogP contribution is 2.18. The van der Waals surface area contributed by atoms with Crippen LogP contribution in [0.25, 0.3) is 0 Å². The minimum absolute atomic E-state index is 0.787. The Balaban J connectivity index is 0. The van der Waals surface area contributed by atoms with Crippen LogP contribution in [0.15, 0.2) is 11.1 Å². The van der Waals surface area contributed by atoms with Crippen molar-refractivity contribution >= 4 is 0 Å². The van der Waals surface area contributed by atoms with Gasteiger partial charge in [-0.05, 0) is 33.1 Å². The zero-order chi connectivity index (χ0) is 10.1. The SMILES string of the molecule is CCCC(C)C(C)=C(C)C.NN. The molecule has 2 heteroatoms. The fourth-order valence-corrected chi connectivity index (χ4v) is 1.14. The van der Waals surface area contributed by atoms with Crippen LogP contribution in [0, 0.1) is 5.92 Å². The highest BCUT2D eigenvalue weighted by Gasteiger charge is 2.02. The highest BCUT2D eigenvalue weighted by molar-refractivity contribution is 5.09. The van der Waals surface area contributed by atoms with Crippen molar-refractivity contribution in [2.24, 2.45) is 17.6 Å². The Morgan fingerprint density at radius 3 is 1.83 bits per heavy atom. The van der Waals surface area contributed by atoms with Gasteiger partial charge in [-0.25, -0.2) is 0 Å². The Morgan fingerprint density at radius 1 is 1.17 bits per heavy atom. The summed E-state index contributed by atoms with van der Waals surface area (Å²) in [5, 5.41) is 0. The number of nitrogens with two attached hydrogens (primary N) is 2. The van der Waals surface area contributed by atoms with Crippen molar-refractivity contribution in [1.82, 2.24) is 0 Å². The third-order valence-corrected chi connectivity index (χ3v) is 2.25. The van der Waals surface area contributed by atoms with E-state index in [9.17, 15) is 0 Å². The Kier molecular flexibility index (Phi) is 10.4. The van der Waals surface area contributed by atoms with Crippen molar-refractivity contribution in [1.29, 1.82) is 0 Å². The van der Waals surface area contributed by atoms with Crippen molar-refractivity contribution in [2.75, 3.05) is 0 Å². The molecule has 4 N–H and O–H groups in total. The van der Waals surface area contributed by atoms with Gasteiger partial charge in [-0.2, -0.15) is 0 Å². The Bertz CT molecular complexity index is 124. The highest BCUT2D eigenvalue weighted by atomic mass is 15.0. The Morgan fingerprint density at radius 2 is 1.58 bits per heavy atom. The molecule has 0 aromatic heterocycles. The minimum Gasteiger partial charge on any atom is -0.274 e. The molecule has 0 rings (SSSR count). The molecule has 1 unspecified atom stereocenters. The van der Waals surface area contributed by atoms with Crippen LogP contribution < -0.4 is 11.7 Å². The zero-order valence-corrected chi connectivity index (χ0v) is 9.15. The second kappa shape index (κ2) is 8.75. The predicted octanol–water partition coefficient (Wildman–Crippen LogP) is 2.60. The van der Waals surface area contributed by atoms with Gasteiger partial charge in [0.05, 0.1) is 0 Å². The monoisotopic (exact) mass is 172 g/mol. The lowest BCUT2D eigenvalue weighted by Gasteiger charge is -2.12. The zero-order valence-electron chi connectivity index (χ0n) is 9.15. The van der Waals surface area contributed by atoms with E-state index in [-0.39, 0.29) is 0 Å². The number of allylic oxidation sites excluding steroid dienone is 2. The number of hydrazine groups is 1. The Hall–Kier alpha value is -0.340. The van der Waals surface area contributed by atoms with Gasteiger partial charge >= 0.3 is 0 Å². The van der Waals surface area contributed by atoms with Crippen LogP contribution in [0.1, 0.15) is 47.5 Å². The van der Waals surface area contributed by atoms with Crippen LogP contribution in [0.3, 0.4) is 0 Å². The smallest absolute Gasteiger partial charge is 0.0232 e. The Labute approximate surface area is 77.0 Å². The van der Waals surface area contributed by atoms with E-state index in [0.29, 0.717) is 0 Å². The molecule has 0 aliphatic rings. The topological polar surface area (TPSA) is 52.0 Å². The number of hydrogen-bond donors (Lipinski definition) is 2. The molecule has 74 valence electrons. The van der Waals surface area contributed by atoms with Gasteiger partial charge in [0.25, 0.3) is 0 Å². The molecule has 12 heavy (non-hydrogen) atoms. The van der Waals surface area contributed by atoms with E-state index < -0.39 is 0 Å². The van der Waals surface area contributed by atoms with E-state index in [1.165, 1.54) is 18.4 Å². The summed E-state index contributed by atoms with van der Waals surface area (Å²) in [6.45, 7) is 11.2. The second-order valence-electron chi connectivity index (χ2n) is 3.37. The van der Waals surface area contributed by atoms with E-state index in [1.54, 1.807) is 5.57 Å². The van der Waals surface area contributed by atoms with Gasteiger partial charge in [-0.15, -0.1) is 0 Å². The van der Waals surface area contributed by atoms with E-state index in [2.05, 4.69) is 46.3 Å². The molecule has 0 radical (unpaired) electrons. The van der Waals surface area contributed by atoms with Gasteiger partial charge in [-0.1, -0.05) is 31.4 Å². The van der Waals surface area contributed by atoms with Gasteiger partial charge in [0.2, 0.25) is 0 Å². The van der Waals surface area contributed by atoms with Crippen molar-refractivity contribution in [3.63, 3.8) is 0 Å². The van der Waals surface area contributed by atoms with Crippen LogP contribution in [0.4, 0.5) is 0 Å². The summed E-state index contributed by atoms with van der Waals surface area (Å²) in [7, 11) is 0. The van der Waals surface area contributed by atoms with Crippen LogP contribution in [-0.2, 0) is 0 Å².